The van der Waals surface area contributed by atoms with E-state index in [1.54, 1.807) is 6.07 Å². The molecule has 1 N–H and O–H groups in total. The summed E-state index contributed by atoms with van der Waals surface area (Å²) in [4.78, 5) is 42.6. The third-order valence-electron chi connectivity index (χ3n) is 4.68. The van der Waals surface area contributed by atoms with Gasteiger partial charge in [-0.25, -0.2) is 9.36 Å². The summed E-state index contributed by atoms with van der Waals surface area (Å²) in [6.07, 6.45) is 1.04. The number of nitrogens with zero attached hydrogens (tertiary/aromatic N) is 3. The predicted molar refractivity (Wildman–Crippen MR) is 110 cm³/mol. The molecule has 0 unspecified atom stereocenters. The first-order chi connectivity index (χ1) is 14.0. The van der Waals surface area contributed by atoms with Gasteiger partial charge >= 0.3 is 11.7 Å². The lowest BCUT2D eigenvalue weighted by atomic mass is 10.1. The number of fused-ring (bicyclic) bond motifs is 1. The number of carboxylic acids is 1. The van der Waals surface area contributed by atoms with Gasteiger partial charge in [-0.3, -0.25) is 19.1 Å². The van der Waals surface area contributed by atoms with E-state index in [9.17, 15) is 14.4 Å². The largest absolute Gasteiger partial charge is 0.480 e. The van der Waals surface area contributed by atoms with Crippen molar-refractivity contribution in [2.45, 2.75) is 25.9 Å². The van der Waals surface area contributed by atoms with Crippen molar-refractivity contribution in [2.24, 2.45) is 4.99 Å². The molecule has 1 aliphatic rings. The van der Waals surface area contributed by atoms with Crippen LogP contribution in [0.4, 0.5) is 0 Å². The van der Waals surface area contributed by atoms with Crippen molar-refractivity contribution in [1.29, 1.82) is 0 Å². The maximum absolute atomic E-state index is 12.9. The van der Waals surface area contributed by atoms with Gasteiger partial charge in [0.1, 0.15) is 18.0 Å². The van der Waals surface area contributed by atoms with Crippen LogP contribution in [0.3, 0.4) is 0 Å². The van der Waals surface area contributed by atoms with E-state index in [1.807, 2.05) is 30.3 Å². The smallest absolute Gasteiger partial charge is 0.332 e. The van der Waals surface area contributed by atoms with Gasteiger partial charge in [-0.1, -0.05) is 30.3 Å². The number of carbonyl (C=O) groups is 1. The fourth-order valence-corrected chi connectivity index (χ4v) is 4.49. The Morgan fingerprint density at radius 2 is 2.00 bits per heavy atom. The number of ether oxygens (including phenoxy) is 1. The Bertz CT molecular complexity index is 1210. The van der Waals surface area contributed by atoms with Gasteiger partial charge in [-0.2, -0.15) is 0 Å². The number of aliphatic carboxylic acids is 1. The number of aryl methyl sites for hydroxylation is 2. The third kappa shape index (κ3) is 4.00. The third-order valence-corrected chi connectivity index (χ3v) is 5.84. The van der Waals surface area contributed by atoms with E-state index in [4.69, 9.17) is 9.84 Å². The van der Waals surface area contributed by atoms with Gasteiger partial charge in [0.15, 0.2) is 5.90 Å². The van der Waals surface area contributed by atoms with Crippen LogP contribution < -0.4 is 11.2 Å². The molecule has 3 aromatic rings. The number of thiophene rings is 1. The molecule has 2 aromatic heterocycles. The molecule has 0 saturated heterocycles. The number of aliphatic imine (C=N–C) groups is 1. The molecule has 150 valence electrons. The second-order valence-electron chi connectivity index (χ2n) is 6.69. The van der Waals surface area contributed by atoms with Crippen molar-refractivity contribution >= 4 is 33.4 Å². The molecular weight excluding hydrogens is 394 g/mol. The van der Waals surface area contributed by atoms with Crippen LogP contribution >= 0.6 is 11.3 Å². The Morgan fingerprint density at radius 3 is 2.69 bits per heavy atom. The highest BCUT2D eigenvalue weighted by molar-refractivity contribution is 7.18. The molecule has 0 spiro atoms. The van der Waals surface area contributed by atoms with Crippen molar-refractivity contribution in [3.05, 3.63) is 67.7 Å². The van der Waals surface area contributed by atoms with Crippen LogP contribution in [0.5, 0.6) is 0 Å². The van der Waals surface area contributed by atoms with E-state index in [2.05, 4.69) is 4.99 Å². The van der Waals surface area contributed by atoms with Crippen molar-refractivity contribution in [1.82, 2.24) is 9.13 Å². The Kier molecular flexibility index (Phi) is 5.30. The highest BCUT2D eigenvalue weighted by atomic mass is 32.1. The summed E-state index contributed by atoms with van der Waals surface area (Å²) in [5.41, 5.74) is -0.141. The zero-order valence-corrected chi connectivity index (χ0v) is 16.4. The van der Waals surface area contributed by atoms with E-state index in [0.717, 1.165) is 15.0 Å². The summed E-state index contributed by atoms with van der Waals surface area (Å²) < 4.78 is 7.73. The normalized spacial score (nSPS) is 13.4. The Balaban J connectivity index is 1.79. The highest BCUT2D eigenvalue weighted by Crippen LogP contribution is 2.24. The average Bonchev–Trinajstić information content (AvgIpc) is 3.36. The van der Waals surface area contributed by atoms with Crippen LogP contribution in [-0.2, 0) is 35.5 Å². The van der Waals surface area contributed by atoms with Crippen molar-refractivity contribution in [3.8, 4) is 0 Å². The van der Waals surface area contributed by atoms with Crippen molar-refractivity contribution in [3.63, 3.8) is 0 Å². The number of rotatable bonds is 7. The summed E-state index contributed by atoms with van der Waals surface area (Å²) in [6.45, 7) is 0.845. The minimum atomic E-state index is -1.23. The average molecular weight is 413 g/mol. The summed E-state index contributed by atoms with van der Waals surface area (Å²) in [5.74, 6) is -0.622. The first kappa shape index (κ1) is 19.1. The standard InChI is InChI=1S/C20H19N3O5S/c24-17(25)12-23-18(26)15-10-14(11-16-21-7-9-28-16)29-19(15)22(20(23)27)8-6-13-4-2-1-3-5-13/h1-5,10H,6-9,11-12H2,(H,24,25). The van der Waals surface area contributed by atoms with Crippen LogP contribution in [-0.4, -0.2) is 39.3 Å². The van der Waals surface area contributed by atoms with Crippen LogP contribution in [0.15, 0.2) is 51.0 Å². The van der Waals surface area contributed by atoms with Crippen LogP contribution in [0, 0.1) is 0 Å². The molecule has 29 heavy (non-hydrogen) atoms. The summed E-state index contributed by atoms with van der Waals surface area (Å²) in [7, 11) is 0. The molecule has 9 heteroatoms. The van der Waals surface area contributed by atoms with Gasteiger partial charge in [0.2, 0.25) is 0 Å². The molecule has 4 rings (SSSR count). The topological polar surface area (TPSA) is 103 Å². The predicted octanol–water partition coefficient (Wildman–Crippen LogP) is 1.52. The number of benzene rings is 1. The van der Waals surface area contributed by atoms with Gasteiger partial charge in [0.05, 0.1) is 18.4 Å². The lowest BCUT2D eigenvalue weighted by Crippen LogP contribution is -2.41. The van der Waals surface area contributed by atoms with E-state index < -0.39 is 23.8 Å². The second-order valence-corrected chi connectivity index (χ2v) is 7.80. The van der Waals surface area contributed by atoms with Gasteiger partial charge in [-0.15, -0.1) is 11.3 Å². The monoisotopic (exact) mass is 413 g/mol. The zero-order chi connectivity index (χ0) is 20.4. The van der Waals surface area contributed by atoms with E-state index >= 15 is 0 Å². The fourth-order valence-electron chi connectivity index (χ4n) is 3.33. The molecule has 0 amide bonds. The van der Waals surface area contributed by atoms with E-state index in [1.165, 1.54) is 15.9 Å². The van der Waals surface area contributed by atoms with E-state index in [-0.39, 0.29) is 0 Å². The molecule has 1 aliphatic heterocycles. The zero-order valence-electron chi connectivity index (χ0n) is 15.5. The van der Waals surface area contributed by atoms with Crippen molar-refractivity contribution in [2.75, 3.05) is 13.2 Å². The Hall–Kier alpha value is -3.20. The Morgan fingerprint density at radius 1 is 1.21 bits per heavy atom. The molecular formula is C20H19N3O5S. The van der Waals surface area contributed by atoms with Gasteiger partial charge in [0, 0.05) is 11.4 Å². The Labute approximate surface area is 169 Å². The molecule has 0 radical (unpaired) electrons. The van der Waals surface area contributed by atoms with Gasteiger partial charge in [-0.05, 0) is 18.1 Å². The van der Waals surface area contributed by atoms with Gasteiger partial charge < -0.3 is 9.84 Å². The lowest BCUT2D eigenvalue weighted by molar-refractivity contribution is -0.137. The molecule has 1 aromatic carbocycles. The van der Waals surface area contributed by atoms with Crippen LogP contribution in [0.1, 0.15) is 10.4 Å². The maximum Gasteiger partial charge on any atom is 0.332 e. The molecule has 0 saturated carbocycles. The minimum Gasteiger partial charge on any atom is -0.480 e. The number of hydrogen-bond acceptors (Lipinski definition) is 6. The van der Waals surface area contributed by atoms with Crippen LogP contribution in [0.2, 0.25) is 0 Å². The number of hydrogen-bond donors (Lipinski definition) is 1. The second kappa shape index (κ2) is 8.04. The first-order valence-electron chi connectivity index (χ1n) is 9.21. The molecule has 0 aliphatic carbocycles. The summed E-state index contributed by atoms with van der Waals surface area (Å²) in [5, 5.41) is 9.49. The highest BCUT2D eigenvalue weighted by Gasteiger charge is 2.19. The molecule has 0 fully saturated rings. The molecule has 0 bridgehead atoms. The van der Waals surface area contributed by atoms with E-state index in [0.29, 0.717) is 48.7 Å². The minimum absolute atomic E-state index is 0.344. The first-order valence-corrected chi connectivity index (χ1v) is 10.0. The summed E-state index contributed by atoms with van der Waals surface area (Å²) in [6, 6.07) is 11.4. The van der Waals surface area contributed by atoms with Crippen LogP contribution in [0.25, 0.3) is 10.2 Å². The molecule has 8 nitrogen and oxygen atoms in total. The SMILES string of the molecule is O=C(O)Cn1c(=O)c2cc(CC3=NCCO3)sc2n(CCc2ccccc2)c1=O. The fraction of sp³-hybridized carbons (Fsp3) is 0.300. The van der Waals surface area contributed by atoms with Gasteiger partial charge in [0.25, 0.3) is 5.56 Å². The molecule has 3 heterocycles. The number of carboxylic acid groups (broad SMARTS) is 1. The summed E-state index contributed by atoms with van der Waals surface area (Å²) >= 11 is 1.34. The number of aromatic nitrogens is 2. The lowest BCUT2D eigenvalue weighted by Gasteiger charge is -2.11. The molecule has 0 atom stereocenters. The quantitative estimate of drug-likeness (QED) is 0.633. The maximum atomic E-state index is 12.9. The van der Waals surface area contributed by atoms with Crippen molar-refractivity contribution < 1.29 is 14.6 Å².